The standard InChI is InChI=1S/C19H14Cl2N2O3/c1-23-19(26-11-17(24)12-5-3-2-4-6-12)15(10-22-23)18(25)14-8-7-13(20)9-16(14)21/h2-10H,11H2,1H3. The number of ketones is 2. The van der Waals surface area contributed by atoms with E-state index in [9.17, 15) is 9.59 Å². The third kappa shape index (κ3) is 3.79. The lowest BCUT2D eigenvalue weighted by molar-refractivity contribution is 0.0908. The summed E-state index contributed by atoms with van der Waals surface area (Å²) in [6, 6.07) is 13.4. The number of hydrogen-bond donors (Lipinski definition) is 0. The van der Waals surface area contributed by atoms with Gasteiger partial charge in [0, 0.05) is 23.2 Å². The number of nitrogens with zero attached hydrogens (tertiary/aromatic N) is 2. The number of halogens is 2. The zero-order valence-electron chi connectivity index (χ0n) is 13.8. The van der Waals surface area contributed by atoms with E-state index in [1.807, 2.05) is 6.07 Å². The number of Topliss-reactive ketones (excluding diaryl/α,β-unsaturated/α-hetero) is 1. The maximum absolute atomic E-state index is 12.8. The van der Waals surface area contributed by atoms with E-state index in [0.717, 1.165) is 0 Å². The Balaban J connectivity index is 1.83. The van der Waals surface area contributed by atoms with E-state index in [1.165, 1.54) is 16.9 Å². The van der Waals surface area contributed by atoms with Gasteiger partial charge in [-0.05, 0) is 18.2 Å². The van der Waals surface area contributed by atoms with Crippen LogP contribution < -0.4 is 4.74 Å². The highest BCUT2D eigenvalue weighted by atomic mass is 35.5. The molecule has 3 aromatic rings. The third-order valence-electron chi connectivity index (χ3n) is 3.74. The van der Waals surface area contributed by atoms with Crippen LogP contribution in [-0.2, 0) is 7.05 Å². The molecule has 132 valence electrons. The number of ether oxygens (including phenoxy) is 1. The van der Waals surface area contributed by atoms with Crippen LogP contribution in [0.4, 0.5) is 0 Å². The maximum Gasteiger partial charge on any atom is 0.223 e. The third-order valence-corrected chi connectivity index (χ3v) is 4.29. The van der Waals surface area contributed by atoms with Gasteiger partial charge in [-0.3, -0.25) is 9.59 Å². The molecule has 5 nitrogen and oxygen atoms in total. The number of aryl methyl sites for hydroxylation is 1. The van der Waals surface area contributed by atoms with Crippen molar-refractivity contribution in [1.29, 1.82) is 0 Å². The van der Waals surface area contributed by atoms with Crippen LogP contribution in [0.15, 0.2) is 54.7 Å². The van der Waals surface area contributed by atoms with Crippen molar-refractivity contribution < 1.29 is 14.3 Å². The van der Waals surface area contributed by atoms with E-state index in [-0.39, 0.29) is 40.2 Å². The summed E-state index contributed by atoms with van der Waals surface area (Å²) in [5.74, 6) is -0.359. The SMILES string of the molecule is Cn1ncc(C(=O)c2ccc(Cl)cc2Cl)c1OCC(=O)c1ccccc1. The van der Waals surface area contributed by atoms with Gasteiger partial charge in [-0.25, -0.2) is 4.68 Å². The van der Waals surface area contributed by atoms with Gasteiger partial charge in [0.1, 0.15) is 5.56 Å². The van der Waals surface area contributed by atoms with Crippen LogP contribution in [0, 0.1) is 0 Å². The minimum absolute atomic E-state index is 0.199. The first-order valence-corrected chi connectivity index (χ1v) is 8.45. The molecule has 1 aromatic heterocycles. The topological polar surface area (TPSA) is 61.2 Å². The summed E-state index contributed by atoms with van der Waals surface area (Å²) in [6.45, 7) is -0.210. The molecule has 0 N–H and O–H groups in total. The normalized spacial score (nSPS) is 10.6. The van der Waals surface area contributed by atoms with Crippen molar-refractivity contribution in [3.05, 3.63) is 81.5 Å². The van der Waals surface area contributed by atoms with Crippen LogP contribution in [-0.4, -0.2) is 28.0 Å². The molecule has 0 fully saturated rings. The molecule has 0 saturated carbocycles. The van der Waals surface area contributed by atoms with Crippen molar-refractivity contribution >= 4 is 34.8 Å². The molecule has 0 radical (unpaired) electrons. The molecule has 0 atom stereocenters. The summed E-state index contributed by atoms with van der Waals surface area (Å²) in [7, 11) is 1.63. The maximum atomic E-state index is 12.8. The van der Waals surface area contributed by atoms with Crippen molar-refractivity contribution in [2.45, 2.75) is 0 Å². The van der Waals surface area contributed by atoms with E-state index >= 15 is 0 Å². The number of benzene rings is 2. The molecule has 0 aliphatic heterocycles. The van der Waals surface area contributed by atoms with Crippen molar-refractivity contribution in [1.82, 2.24) is 9.78 Å². The minimum atomic E-state index is -0.359. The van der Waals surface area contributed by atoms with Crippen LogP contribution in [0.25, 0.3) is 0 Å². The second-order valence-corrected chi connectivity index (χ2v) is 6.36. The number of carbonyl (C=O) groups excluding carboxylic acids is 2. The quantitative estimate of drug-likeness (QED) is 0.593. The van der Waals surface area contributed by atoms with Crippen LogP contribution in [0.1, 0.15) is 26.3 Å². The molecular weight excluding hydrogens is 375 g/mol. The Morgan fingerprint density at radius 2 is 1.81 bits per heavy atom. The molecule has 0 unspecified atom stereocenters. The van der Waals surface area contributed by atoms with Gasteiger partial charge in [-0.1, -0.05) is 53.5 Å². The lowest BCUT2D eigenvalue weighted by Crippen LogP contribution is -2.15. The first-order chi connectivity index (χ1) is 12.5. The summed E-state index contributed by atoms with van der Waals surface area (Å²) in [5.41, 5.74) is 1.03. The molecule has 0 bridgehead atoms. The van der Waals surface area contributed by atoms with Crippen molar-refractivity contribution in [3.8, 4) is 5.88 Å². The Kier molecular flexibility index (Phi) is 5.40. The average molecular weight is 389 g/mol. The van der Waals surface area contributed by atoms with Crippen molar-refractivity contribution in [2.24, 2.45) is 7.05 Å². The van der Waals surface area contributed by atoms with Gasteiger partial charge in [0.2, 0.25) is 11.7 Å². The highest BCUT2D eigenvalue weighted by molar-refractivity contribution is 6.37. The van der Waals surface area contributed by atoms with Crippen molar-refractivity contribution in [2.75, 3.05) is 6.61 Å². The molecule has 2 aromatic carbocycles. The molecule has 26 heavy (non-hydrogen) atoms. The van der Waals surface area contributed by atoms with Gasteiger partial charge in [0.05, 0.1) is 11.2 Å². The molecular formula is C19H14Cl2N2O3. The molecule has 0 spiro atoms. The molecule has 3 rings (SSSR count). The largest absolute Gasteiger partial charge is 0.469 e. The zero-order chi connectivity index (χ0) is 18.7. The first kappa shape index (κ1) is 18.2. The lowest BCUT2D eigenvalue weighted by atomic mass is 10.1. The van der Waals surface area contributed by atoms with E-state index < -0.39 is 0 Å². The smallest absolute Gasteiger partial charge is 0.223 e. The molecule has 0 saturated heterocycles. The Bertz CT molecular complexity index is 968. The van der Waals surface area contributed by atoms with E-state index in [4.69, 9.17) is 27.9 Å². The summed E-state index contributed by atoms with van der Waals surface area (Å²) in [5, 5.41) is 4.72. The summed E-state index contributed by atoms with van der Waals surface area (Å²) >= 11 is 12.0. The Morgan fingerprint density at radius 3 is 2.50 bits per heavy atom. The highest BCUT2D eigenvalue weighted by Gasteiger charge is 2.22. The fraction of sp³-hybridized carbons (Fsp3) is 0.105. The molecule has 0 aliphatic rings. The van der Waals surface area contributed by atoms with Crippen LogP contribution in [0.2, 0.25) is 10.0 Å². The molecule has 7 heteroatoms. The minimum Gasteiger partial charge on any atom is -0.469 e. The van der Waals surface area contributed by atoms with Crippen LogP contribution in [0.3, 0.4) is 0 Å². The highest BCUT2D eigenvalue weighted by Crippen LogP contribution is 2.27. The van der Waals surface area contributed by atoms with Gasteiger partial charge in [0.25, 0.3) is 0 Å². The van der Waals surface area contributed by atoms with E-state index in [2.05, 4.69) is 5.10 Å². The summed E-state index contributed by atoms with van der Waals surface area (Å²) in [4.78, 5) is 25.0. The van der Waals surface area contributed by atoms with Crippen LogP contribution >= 0.6 is 23.2 Å². The lowest BCUT2D eigenvalue weighted by Gasteiger charge is -2.09. The van der Waals surface area contributed by atoms with Crippen LogP contribution in [0.5, 0.6) is 5.88 Å². The average Bonchev–Trinajstić information content (AvgIpc) is 3.00. The molecule has 1 heterocycles. The number of rotatable bonds is 6. The molecule has 0 aliphatic carbocycles. The molecule has 0 amide bonds. The zero-order valence-corrected chi connectivity index (χ0v) is 15.3. The van der Waals surface area contributed by atoms with E-state index in [1.54, 1.807) is 43.4 Å². The monoisotopic (exact) mass is 388 g/mol. The van der Waals surface area contributed by atoms with E-state index in [0.29, 0.717) is 10.6 Å². The number of hydrogen-bond acceptors (Lipinski definition) is 4. The predicted octanol–water partition coefficient (Wildman–Crippen LogP) is 4.22. The summed E-state index contributed by atoms with van der Waals surface area (Å²) < 4.78 is 6.99. The Labute approximate surface area is 160 Å². The fourth-order valence-corrected chi connectivity index (χ4v) is 2.91. The first-order valence-electron chi connectivity index (χ1n) is 7.70. The van der Waals surface area contributed by atoms with Gasteiger partial charge < -0.3 is 4.74 Å². The van der Waals surface area contributed by atoms with Gasteiger partial charge >= 0.3 is 0 Å². The fourth-order valence-electron chi connectivity index (χ4n) is 2.41. The summed E-state index contributed by atoms with van der Waals surface area (Å²) in [6.07, 6.45) is 1.38. The second kappa shape index (κ2) is 7.72. The van der Waals surface area contributed by atoms with Gasteiger partial charge in [-0.15, -0.1) is 0 Å². The van der Waals surface area contributed by atoms with Gasteiger partial charge in [0.15, 0.2) is 12.4 Å². The predicted molar refractivity (Wildman–Crippen MR) is 99.4 cm³/mol. The second-order valence-electron chi connectivity index (χ2n) is 5.52. The Hall–Kier alpha value is -2.63. The number of carbonyl (C=O) groups is 2. The van der Waals surface area contributed by atoms with Gasteiger partial charge in [-0.2, -0.15) is 5.10 Å². The number of aromatic nitrogens is 2. The van der Waals surface area contributed by atoms with Crippen molar-refractivity contribution in [3.63, 3.8) is 0 Å². The Morgan fingerprint density at radius 1 is 1.08 bits per heavy atom.